The maximum absolute atomic E-state index is 13.2. The minimum atomic E-state index is -0.481. The van der Waals surface area contributed by atoms with Gasteiger partial charge < -0.3 is 19.3 Å². The molecule has 2 aromatic heterocycles. The van der Waals surface area contributed by atoms with Crippen LogP contribution in [0.15, 0.2) is 42.9 Å². The van der Waals surface area contributed by atoms with Gasteiger partial charge in [0.2, 0.25) is 5.91 Å². The molecule has 1 atom stereocenters. The zero-order valence-corrected chi connectivity index (χ0v) is 14.9. The maximum atomic E-state index is 13.2. The molecule has 2 aliphatic heterocycles. The molecule has 2 aromatic rings. The van der Waals surface area contributed by atoms with E-state index in [9.17, 15) is 9.59 Å². The first-order chi connectivity index (χ1) is 12.6. The summed E-state index contributed by atoms with van der Waals surface area (Å²) in [4.78, 5) is 36.2. The fraction of sp³-hybridized carbons (Fsp3) is 0.421. The molecule has 0 bridgehead atoms. The summed E-state index contributed by atoms with van der Waals surface area (Å²) in [6.07, 6.45) is 5.33. The van der Waals surface area contributed by atoms with E-state index in [1.165, 1.54) is 0 Å². The Morgan fingerprint density at radius 1 is 1.19 bits per heavy atom. The van der Waals surface area contributed by atoms with Gasteiger partial charge in [-0.05, 0) is 30.8 Å². The van der Waals surface area contributed by atoms with Crippen molar-refractivity contribution in [2.45, 2.75) is 19.1 Å². The Morgan fingerprint density at radius 2 is 2.00 bits per heavy atom. The molecule has 0 N–H and O–H groups in total. The standard InChI is InChI=1S/C19H23N5O2/c1-21-8-10-22(11-9-21)18(25)17-14-23-7-3-5-16(23)19(26)24(17)13-15-4-2-6-20-12-15/h2-7,12,17H,8-11,13-14H2,1H3. The molecule has 2 amide bonds. The van der Waals surface area contributed by atoms with Crippen molar-refractivity contribution in [3.8, 4) is 0 Å². The average Bonchev–Trinajstić information content (AvgIpc) is 3.14. The lowest BCUT2D eigenvalue weighted by molar-refractivity contribution is -0.138. The number of piperazine rings is 1. The molecule has 7 nitrogen and oxygen atoms in total. The summed E-state index contributed by atoms with van der Waals surface area (Å²) >= 11 is 0. The van der Waals surface area contributed by atoms with Gasteiger partial charge in [-0.25, -0.2) is 0 Å². The number of hydrogen-bond donors (Lipinski definition) is 0. The van der Waals surface area contributed by atoms with E-state index in [4.69, 9.17) is 0 Å². The minimum absolute atomic E-state index is 0.0368. The summed E-state index contributed by atoms with van der Waals surface area (Å²) in [5, 5.41) is 0. The highest BCUT2D eigenvalue weighted by Gasteiger charge is 2.39. The van der Waals surface area contributed by atoms with Gasteiger partial charge in [-0.3, -0.25) is 14.6 Å². The Morgan fingerprint density at radius 3 is 2.73 bits per heavy atom. The van der Waals surface area contributed by atoms with Crippen molar-refractivity contribution in [1.82, 2.24) is 24.3 Å². The van der Waals surface area contributed by atoms with Gasteiger partial charge in [-0.1, -0.05) is 6.07 Å². The molecule has 26 heavy (non-hydrogen) atoms. The third-order valence-corrected chi connectivity index (χ3v) is 5.23. The van der Waals surface area contributed by atoms with E-state index in [0.29, 0.717) is 31.9 Å². The zero-order chi connectivity index (χ0) is 18.1. The van der Waals surface area contributed by atoms with Gasteiger partial charge in [-0.15, -0.1) is 0 Å². The Hall–Kier alpha value is -2.67. The number of carbonyl (C=O) groups is 2. The van der Waals surface area contributed by atoms with Crippen molar-refractivity contribution in [2.75, 3.05) is 33.2 Å². The third-order valence-electron chi connectivity index (χ3n) is 5.23. The van der Waals surface area contributed by atoms with Crippen LogP contribution >= 0.6 is 0 Å². The second-order valence-corrected chi connectivity index (χ2v) is 6.98. The number of fused-ring (bicyclic) bond motifs is 1. The summed E-state index contributed by atoms with van der Waals surface area (Å²) in [5.74, 6) is -0.0627. The highest BCUT2D eigenvalue weighted by Crippen LogP contribution is 2.22. The zero-order valence-electron chi connectivity index (χ0n) is 14.9. The first kappa shape index (κ1) is 16.8. The van der Waals surface area contributed by atoms with E-state index in [-0.39, 0.29) is 11.8 Å². The van der Waals surface area contributed by atoms with Gasteiger partial charge >= 0.3 is 0 Å². The smallest absolute Gasteiger partial charge is 0.271 e. The predicted octanol–water partition coefficient (Wildman–Crippen LogP) is 0.682. The van der Waals surface area contributed by atoms with Gasteiger partial charge in [0.1, 0.15) is 11.7 Å². The molecule has 136 valence electrons. The van der Waals surface area contributed by atoms with Crippen LogP contribution in [0, 0.1) is 0 Å². The summed E-state index contributed by atoms with van der Waals surface area (Å²) < 4.78 is 1.89. The van der Waals surface area contributed by atoms with Crippen LogP contribution in [0.5, 0.6) is 0 Å². The van der Waals surface area contributed by atoms with Gasteiger partial charge in [0, 0.05) is 51.3 Å². The van der Waals surface area contributed by atoms with Crippen molar-refractivity contribution in [3.05, 3.63) is 54.1 Å². The van der Waals surface area contributed by atoms with E-state index >= 15 is 0 Å². The summed E-state index contributed by atoms with van der Waals surface area (Å²) in [5.41, 5.74) is 1.56. The van der Waals surface area contributed by atoms with Gasteiger partial charge in [0.25, 0.3) is 5.91 Å². The molecule has 0 saturated carbocycles. The maximum Gasteiger partial charge on any atom is 0.271 e. The summed E-state index contributed by atoms with van der Waals surface area (Å²) in [6, 6.07) is 6.98. The summed E-state index contributed by atoms with van der Waals surface area (Å²) in [6.45, 7) is 4.04. The van der Waals surface area contributed by atoms with Gasteiger partial charge in [0.15, 0.2) is 0 Å². The van der Waals surface area contributed by atoms with Crippen LogP contribution in [-0.4, -0.2) is 75.3 Å². The number of carbonyl (C=O) groups excluding carboxylic acids is 2. The molecule has 0 aliphatic carbocycles. The van der Waals surface area contributed by atoms with Crippen molar-refractivity contribution >= 4 is 11.8 Å². The first-order valence-corrected chi connectivity index (χ1v) is 8.96. The van der Waals surface area contributed by atoms with Crippen LogP contribution < -0.4 is 0 Å². The fourth-order valence-electron chi connectivity index (χ4n) is 3.66. The molecule has 1 saturated heterocycles. The van der Waals surface area contributed by atoms with Gasteiger partial charge in [-0.2, -0.15) is 0 Å². The van der Waals surface area contributed by atoms with E-state index in [1.54, 1.807) is 17.3 Å². The van der Waals surface area contributed by atoms with E-state index in [2.05, 4.69) is 16.9 Å². The molecule has 1 fully saturated rings. The highest BCUT2D eigenvalue weighted by atomic mass is 16.2. The quantitative estimate of drug-likeness (QED) is 0.814. The first-order valence-electron chi connectivity index (χ1n) is 8.96. The van der Waals surface area contributed by atoms with Crippen LogP contribution in [0.3, 0.4) is 0 Å². The Labute approximate surface area is 152 Å². The Kier molecular flexibility index (Phi) is 4.46. The van der Waals surface area contributed by atoms with Crippen LogP contribution in [-0.2, 0) is 17.9 Å². The van der Waals surface area contributed by atoms with E-state index < -0.39 is 6.04 Å². The van der Waals surface area contributed by atoms with Gasteiger partial charge in [0.05, 0.1) is 6.54 Å². The predicted molar refractivity (Wildman–Crippen MR) is 96.4 cm³/mol. The topological polar surface area (TPSA) is 61.7 Å². The second-order valence-electron chi connectivity index (χ2n) is 6.98. The monoisotopic (exact) mass is 353 g/mol. The molecule has 2 aliphatic rings. The number of likely N-dealkylation sites (N-methyl/N-ethyl adjacent to an activating group) is 1. The lowest BCUT2D eigenvalue weighted by atomic mass is 10.1. The summed E-state index contributed by atoms with van der Waals surface area (Å²) in [7, 11) is 2.06. The lowest BCUT2D eigenvalue weighted by Gasteiger charge is -2.40. The molecule has 7 heteroatoms. The molecule has 1 unspecified atom stereocenters. The number of nitrogens with zero attached hydrogens (tertiary/aromatic N) is 5. The lowest BCUT2D eigenvalue weighted by Crippen LogP contribution is -2.58. The normalized spacial score (nSPS) is 21.0. The molecule has 0 radical (unpaired) electrons. The Balaban J connectivity index is 1.61. The second kappa shape index (κ2) is 6.92. The third kappa shape index (κ3) is 3.10. The van der Waals surface area contributed by atoms with Crippen LogP contribution in [0.2, 0.25) is 0 Å². The van der Waals surface area contributed by atoms with Crippen LogP contribution in [0.25, 0.3) is 0 Å². The van der Waals surface area contributed by atoms with E-state index in [0.717, 1.165) is 18.7 Å². The van der Waals surface area contributed by atoms with Crippen molar-refractivity contribution in [2.24, 2.45) is 0 Å². The fourth-order valence-corrected chi connectivity index (χ4v) is 3.66. The molecule has 0 aromatic carbocycles. The number of rotatable bonds is 3. The number of hydrogen-bond acceptors (Lipinski definition) is 4. The number of amides is 2. The SMILES string of the molecule is CN1CCN(C(=O)C2Cn3cccc3C(=O)N2Cc2cccnc2)CC1. The molecule has 4 rings (SSSR count). The van der Waals surface area contributed by atoms with Crippen molar-refractivity contribution in [3.63, 3.8) is 0 Å². The number of aromatic nitrogens is 2. The highest BCUT2D eigenvalue weighted by molar-refractivity contribution is 5.97. The van der Waals surface area contributed by atoms with Crippen molar-refractivity contribution in [1.29, 1.82) is 0 Å². The van der Waals surface area contributed by atoms with Crippen LogP contribution in [0.1, 0.15) is 16.1 Å². The molecule has 4 heterocycles. The number of pyridine rings is 1. The van der Waals surface area contributed by atoms with E-state index in [1.807, 2.05) is 39.9 Å². The van der Waals surface area contributed by atoms with Crippen LogP contribution in [0.4, 0.5) is 0 Å². The van der Waals surface area contributed by atoms with Crippen molar-refractivity contribution < 1.29 is 9.59 Å². The largest absolute Gasteiger partial charge is 0.341 e. The average molecular weight is 353 g/mol. The Bertz CT molecular complexity index is 795. The molecular weight excluding hydrogens is 330 g/mol. The molecule has 0 spiro atoms. The minimum Gasteiger partial charge on any atom is -0.341 e. The molecular formula is C19H23N5O2.